The molecular weight excluding hydrogens is 180 g/mol. The summed E-state index contributed by atoms with van der Waals surface area (Å²) in [6, 6.07) is 4.09. The highest BCUT2D eigenvalue weighted by Gasteiger charge is 2.26. The zero-order valence-electron chi connectivity index (χ0n) is 8.53. The lowest BCUT2D eigenvalue weighted by Crippen LogP contribution is -2.38. The molecule has 4 heteroatoms. The fourth-order valence-corrected chi connectivity index (χ4v) is 1.70. The molecule has 4 nitrogen and oxygen atoms in total. The molecule has 0 radical (unpaired) electrons. The number of nitrogens with zero attached hydrogens (tertiary/aromatic N) is 1. The third kappa shape index (κ3) is 1.63. The maximum Gasteiger partial charge on any atom is 0.101 e. The van der Waals surface area contributed by atoms with Crippen molar-refractivity contribution in [1.29, 1.82) is 0 Å². The highest BCUT2D eigenvalue weighted by Crippen LogP contribution is 2.10. The smallest absolute Gasteiger partial charge is 0.101 e. The zero-order chi connectivity index (χ0) is 10.1. The Kier molecular flexibility index (Phi) is 2.48. The van der Waals surface area contributed by atoms with Gasteiger partial charge in [0.1, 0.15) is 6.10 Å². The molecule has 1 aromatic rings. The quantitative estimate of drug-likeness (QED) is 0.720. The molecule has 78 valence electrons. The Morgan fingerprint density at radius 3 is 2.50 bits per heavy atom. The summed E-state index contributed by atoms with van der Waals surface area (Å²) in [6.07, 6.45) is -0.406. The molecule has 2 heterocycles. The summed E-state index contributed by atoms with van der Waals surface area (Å²) in [5, 5.41) is 9.57. The van der Waals surface area contributed by atoms with Gasteiger partial charge < -0.3 is 15.3 Å². The van der Waals surface area contributed by atoms with Crippen molar-refractivity contribution in [2.24, 2.45) is 0 Å². The Bertz CT molecular complexity index is 302. The number of hydrogen-bond donors (Lipinski definition) is 2. The van der Waals surface area contributed by atoms with Crippen molar-refractivity contribution >= 4 is 0 Å². The molecule has 1 aliphatic heterocycles. The van der Waals surface area contributed by atoms with E-state index >= 15 is 0 Å². The minimum absolute atomic E-state index is 0.000185. The molecule has 2 N–H and O–H groups in total. The minimum Gasteiger partial charge on any atom is -0.388 e. The number of ether oxygens (including phenoxy) is 1. The topological polar surface area (TPSA) is 46.4 Å². The highest BCUT2D eigenvalue weighted by atomic mass is 16.5. The van der Waals surface area contributed by atoms with Crippen LogP contribution in [0, 0.1) is 13.8 Å². The first-order chi connectivity index (χ1) is 6.68. The van der Waals surface area contributed by atoms with Crippen LogP contribution in [0.5, 0.6) is 0 Å². The predicted octanol–water partition coefficient (Wildman–Crippen LogP) is 0.408. The van der Waals surface area contributed by atoms with E-state index in [1.165, 1.54) is 0 Å². The molecule has 1 fully saturated rings. The lowest BCUT2D eigenvalue weighted by Gasteiger charge is -2.19. The van der Waals surface area contributed by atoms with Gasteiger partial charge in [0.2, 0.25) is 0 Å². The first kappa shape index (κ1) is 9.55. The Hall–Kier alpha value is -1.00. The third-order valence-electron chi connectivity index (χ3n) is 2.62. The predicted molar refractivity (Wildman–Crippen MR) is 53.9 cm³/mol. The van der Waals surface area contributed by atoms with E-state index in [-0.39, 0.29) is 6.04 Å². The van der Waals surface area contributed by atoms with Crippen molar-refractivity contribution in [2.75, 3.05) is 18.6 Å². The van der Waals surface area contributed by atoms with Gasteiger partial charge in [0.05, 0.1) is 19.3 Å². The van der Waals surface area contributed by atoms with E-state index in [0.717, 1.165) is 11.4 Å². The van der Waals surface area contributed by atoms with E-state index in [9.17, 15) is 5.11 Å². The van der Waals surface area contributed by atoms with Gasteiger partial charge in [-0.15, -0.1) is 0 Å². The van der Waals surface area contributed by atoms with Gasteiger partial charge >= 0.3 is 0 Å². The second-order valence-electron chi connectivity index (χ2n) is 3.79. The second-order valence-corrected chi connectivity index (χ2v) is 3.79. The number of rotatable bonds is 2. The van der Waals surface area contributed by atoms with Crippen LogP contribution in [0.1, 0.15) is 11.4 Å². The van der Waals surface area contributed by atoms with Gasteiger partial charge in [-0.25, -0.2) is 0 Å². The molecule has 0 amide bonds. The molecule has 0 spiro atoms. The molecule has 2 unspecified atom stereocenters. The van der Waals surface area contributed by atoms with Crippen molar-refractivity contribution in [3.8, 4) is 0 Å². The average Bonchev–Trinajstić information content (AvgIpc) is 2.67. The van der Waals surface area contributed by atoms with Crippen molar-refractivity contribution in [2.45, 2.75) is 26.0 Å². The minimum atomic E-state index is -0.406. The number of aliphatic hydroxyl groups excluding tert-OH is 1. The molecule has 0 aromatic carbocycles. The second kappa shape index (κ2) is 3.63. The van der Waals surface area contributed by atoms with E-state index in [1.54, 1.807) is 0 Å². The van der Waals surface area contributed by atoms with Crippen LogP contribution >= 0.6 is 0 Å². The monoisotopic (exact) mass is 196 g/mol. The van der Waals surface area contributed by atoms with Crippen LogP contribution in [0.3, 0.4) is 0 Å². The Balaban J connectivity index is 2.10. The summed E-state index contributed by atoms with van der Waals surface area (Å²) >= 11 is 0. The van der Waals surface area contributed by atoms with Crippen LogP contribution < -0.4 is 5.43 Å². The third-order valence-corrected chi connectivity index (χ3v) is 2.62. The first-order valence-electron chi connectivity index (χ1n) is 4.86. The lowest BCUT2D eigenvalue weighted by molar-refractivity contribution is 0.125. The van der Waals surface area contributed by atoms with Gasteiger partial charge in [-0.1, -0.05) is 0 Å². The Labute approximate surface area is 83.5 Å². The lowest BCUT2D eigenvalue weighted by atomic mass is 10.2. The molecule has 0 aliphatic carbocycles. The van der Waals surface area contributed by atoms with Crippen molar-refractivity contribution < 1.29 is 9.84 Å². The molecule has 2 rings (SSSR count). The van der Waals surface area contributed by atoms with Crippen LogP contribution in [0.4, 0.5) is 0 Å². The van der Waals surface area contributed by atoms with Gasteiger partial charge in [0, 0.05) is 11.4 Å². The summed E-state index contributed by atoms with van der Waals surface area (Å²) < 4.78 is 7.16. The fraction of sp³-hybridized carbons (Fsp3) is 0.600. The largest absolute Gasteiger partial charge is 0.388 e. The van der Waals surface area contributed by atoms with E-state index in [2.05, 4.69) is 5.43 Å². The van der Waals surface area contributed by atoms with Crippen LogP contribution in [0.2, 0.25) is 0 Å². The molecule has 0 bridgehead atoms. The Morgan fingerprint density at radius 1 is 1.36 bits per heavy atom. The van der Waals surface area contributed by atoms with E-state index in [4.69, 9.17) is 4.74 Å². The van der Waals surface area contributed by atoms with Gasteiger partial charge in [-0.2, -0.15) is 0 Å². The molecule has 1 aromatic heterocycles. The molecular formula is C10H16N2O2. The van der Waals surface area contributed by atoms with Gasteiger partial charge in [0.15, 0.2) is 0 Å². The summed E-state index contributed by atoms with van der Waals surface area (Å²) in [4.78, 5) is 0. The first-order valence-corrected chi connectivity index (χ1v) is 4.86. The van der Waals surface area contributed by atoms with Gasteiger partial charge in [-0.3, -0.25) is 4.68 Å². The average molecular weight is 196 g/mol. The summed E-state index contributed by atoms with van der Waals surface area (Å²) in [5.74, 6) is 0. The van der Waals surface area contributed by atoms with Crippen molar-refractivity contribution in [1.82, 2.24) is 4.68 Å². The standard InChI is InChI=1S/C10H16N2O2/c1-7-3-4-8(2)12(7)11-9-5-14-6-10(9)13/h3-4,9-11,13H,5-6H2,1-2H3. The number of nitrogens with one attached hydrogen (secondary N) is 1. The van der Waals surface area contributed by atoms with Gasteiger partial charge in [-0.05, 0) is 26.0 Å². The number of hydrogen-bond acceptors (Lipinski definition) is 3. The summed E-state index contributed by atoms with van der Waals surface area (Å²) in [7, 11) is 0. The Morgan fingerprint density at radius 2 is 2.00 bits per heavy atom. The van der Waals surface area contributed by atoms with Crippen molar-refractivity contribution in [3.05, 3.63) is 23.5 Å². The summed E-state index contributed by atoms with van der Waals surface area (Å²) in [5.41, 5.74) is 5.53. The maximum atomic E-state index is 9.57. The number of aryl methyl sites for hydroxylation is 2. The number of aliphatic hydroxyl groups is 1. The summed E-state index contributed by atoms with van der Waals surface area (Å²) in [6.45, 7) is 5.06. The van der Waals surface area contributed by atoms with E-state index < -0.39 is 6.10 Å². The van der Waals surface area contributed by atoms with Crippen LogP contribution in [0.25, 0.3) is 0 Å². The zero-order valence-corrected chi connectivity index (χ0v) is 8.53. The maximum absolute atomic E-state index is 9.57. The normalized spacial score (nSPS) is 26.8. The van der Waals surface area contributed by atoms with Crippen LogP contribution in [-0.2, 0) is 4.74 Å². The molecule has 1 aliphatic rings. The molecule has 14 heavy (non-hydrogen) atoms. The number of aromatic nitrogens is 1. The molecule has 1 saturated heterocycles. The SMILES string of the molecule is Cc1ccc(C)n1NC1COCC1O. The fourth-order valence-electron chi connectivity index (χ4n) is 1.70. The highest BCUT2D eigenvalue weighted by molar-refractivity contribution is 5.16. The molecule has 2 atom stereocenters. The van der Waals surface area contributed by atoms with E-state index in [1.807, 2.05) is 30.7 Å². The van der Waals surface area contributed by atoms with Crippen molar-refractivity contribution in [3.63, 3.8) is 0 Å². The van der Waals surface area contributed by atoms with Crippen LogP contribution in [0.15, 0.2) is 12.1 Å². The molecule has 0 saturated carbocycles. The van der Waals surface area contributed by atoms with Gasteiger partial charge in [0.25, 0.3) is 0 Å². The van der Waals surface area contributed by atoms with E-state index in [0.29, 0.717) is 13.2 Å². The van der Waals surface area contributed by atoms with Crippen LogP contribution in [-0.4, -0.2) is 35.1 Å².